The molecule has 0 bridgehead atoms. The van der Waals surface area contributed by atoms with Crippen molar-refractivity contribution >= 4 is 29.0 Å². The molecule has 0 unspecified atom stereocenters. The highest BCUT2D eigenvalue weighted by Crippen LogP contribution is 2.36. The van der Waals surface area contributed by atoms with E-state index in [2.05, 4.69) is 46.4 Å². The average molecular weight is 467 g/mol. The molecule has 4 aromatic rings. The number of ether oxygens (including phenoxy) is 2. The van der Waals surface area contributed by atoms with Gasteiger partial charge in [0.2, 0.25) is 12.7 Å². The molecule has 0 atom stereocenters. The van der Waals surface area contributed by atoms with Gasteiger partial charge in [-0.15, -0.1) is 21.5 Å². The summed E-state index contributed by atoms with van der Waals surface area (Å²) < 4.78 is 18.3. The van der Waals surface area contributed by atoms with E-state index in [-0.39, 0.29) is 18.5 Å². The topological polar surface area (TPSA) is 91.7 Å². The second kappa shape index (κ2) is 9.01. The van der Waals surface area contributed by atoms with E-state index in [1.165, 1.54) is 16.9 Å². The van der Waals surface area contributed by atoms with Crippen molar-refractivity contribution in [2.24, 2.45) is 4.99 Å². The molecule has 0 saturated carbocycles. The van der Waals surface area contributed by atoms with Gasteiger partial charge in [-0.05, 0) is 30.7 Å². The fourth-order valence-corrected chi connectivity index (χ4v) is 4.37. The van der Waals surface area contributed by atoms with Crippen LogP contribution in [0.1, 0.15) is 11.1 Å². The standard InChI is InChI=1S/C22H18N4O4S2/c1-14-2-4-15(5-3-14)11-26-8-9-31-21(26)23-19(27)12-32-22-25-24-20(30-22)16-6-7-17-18(10-16)29-13-28-17/h2-10H,11-13H2,1H3. The molecule has 0 aliphatic carbocycles. The average Bonchev–Trinajstić information content (AvgIpc) is 3.55. The van der Waals surface area contributed by atoms with E-state index in [0.29, 0.717) is 34.0 Å². The molecule has 3 heterocycles. The number of aromatic nitrogens is 3. The zero-order valence-electron chi connectivity index (χ0n) is 17.1. The Hall–Kier alpha value is -3.37. The zero-order chi connectivity index (χ0) is 21.9. The van der Waals surface area contributed by atoms with Crippen molar-refractivity contribution in [1.82, 2.24) is 14.8 Å². The predicted molar refractivity (Wildman–Crippen MR) is 120 cm³/mol. The first-order chi connectivity index (χ1) is 15.6. The fraction of sp³-hybridized carbons (Fsp3) is 0.182. The number of rotatable bonds is 6. The van der Waals surface area contributed by atoms with E-state index in [1.54, 1.807) is 12.1 Å². The molecule has 5 rings (SSSR count). The molecule has 8 nitrogen and oxygen atoms in total. The summed E-state index contributed by atoms with van der Waals surface area (Å²) in [4.78, 5) is 17.3. The Morgan fingerprint density at radius 2 is 2.00 bits per heavy atom. The van der Waals surface area contributed by atoms with Gasteiger partial charge in [-0.2, -0.15) is 4.99 Å². The molecule has 1 amide bonds. The highest BCUT2D eigenvalue weighted by atomic mass is 32.2. The van der Waals surface area contributed by atoms with Crippen LogP contribution in [0, 0.1) is 6.92 Å². The van der Waals surface area contributed by atoms with E-state index < -0.39 is 0 Å². The quantitative estimate of drug-likeness (QED) is 0.398. The van der Waals surface area contributed by atoms with E-state index in [9.17, 15) is 4.79 Å². The maximum Gasteiger partial charge on any atom is 0.277 e. The van der Waals surface area contributed by atoms with Crippen LogP contribution in [0.3, 0.4) is 0 Å². The lowest BCUT2D eigenvalue weighted by molar-refractivity contribution is -0.115. The molecule has 1 aliphatic rings. The molecule has 10 heteroatoms. The Bertz CT molecular complexity index is 1320. The fourth-order valence-electron chi connectivity index (χ4n) is 3.07. The van der Waals surface area contributed by atoms with E-state index in [0.717, 1.165) is 22.9 Å². The number of fused-ring (bicyclic) bond motifs is 1. The first kappa shape index (κ1) is 20.5. The highest BCUT2D eigenvalue weighted by Gasteiger charge is 2.17. The lowest BCUT2D eigenvalue weighted by Gasteiger charge is -2.03. The molecule has 162 valence electrons. The van der Waals surface area contributed by atoms with E-state index in [4.69, 9.17) is 13.9 Å². The normalized spacial score (nSPS) is 13.0. The van der Waals surface area contributed by atoms with Gasteiger partial charge in [-0.1, -0.05) is 41.6 Å². The molecule has 0 radical (unpaired) electrons. The monoisotopic (exact) mass is 466 g/mol. The molecule has 1 aliphatic heterocycles. The summed E-state index contributed by atoms with van der Waals surface area (Å²) in [5.41, 5.74) is 3.09. The van der Waals surface area contributed by atoms with Crippen LogP contribution in [0.2, 0.25) is 0 Å². The minimum absolute atomic E-state index is 0.102. The SMILES string of the molecule is Cc1ccc(Cn2ccsc2=NC(=O)CSc2nnc(-c3ccc4c(c3)OCO4)o2)cc1. The van der Waals surface area contributed by atoms with Crippen LogP contribution in [-0.2, 0) is 11.3 Å². The summed E-state index contributed by atoms with van der Waals surface area (Å²) in [6, 6.07) is 13.7. The number of carbonyl (C=O) groups excluding carboxylic acids is 1. The van der Waals surface area contributed by atoms with Crippen LogP contribution in [0.15, 0.2) is 68.7 Å². The van der Waals surface area contributed by atoms with Crippen molar-refractivity contribution in [3.8, 4) is 23.0 Å². The van der Waals surface area contributed by atoms with Crippen LogP contribution in [-0.4, -0.2) is 33.2 Å². The third kappa shape index (κ3) is 4.61. The summed E-state index contributed by atoms with van der Waals surface area (Å²) in [5, 5.41) is 10.3. The maximum atomic E-state index is 12.4. The van der Waals surface area contributed by atoms with Gasteiger partial charge >= 0.3 is 0 Å². The van der Waals surface area contributed by atoms with Gasteiger partial charge in [-0.25, -0.2) is 0 Å². The molecular formula is C22H18N4O4S2. The summed E-state index contributed by atoms with van der Waals surface area (Å²) in [5.74, 6) is 1.51. The summed E-state index contributed by atoms with van der Waals surface area (Å²) >= 11 is 2.58. The Morgan fingerprint density at radius 3 is 2.88 bits per heavy atom. The van der Waals surface area contributed by atoms with Gasteiger partial charge in [0.05, 0.1) is 5.75 Å². The number of hydrogen-bond acceptors (Lipinski definition) is 8. The van der Waals surface area contributed by atoms with Crippen LogP contribution in [0.4, 0.5) is 0 Å². The van der Waals surface area contributed by atoms with E-state index in [1.807, 2.05) is 22.2 Å². The second-order valence-corrected chi connectivity index (χ2v) is 8.83. The van der Waals surface area contributed by atoms with Gasteiger partial charge < -0.3 is 18.5 Å². The Labute approximate surface area is 191 Å². The number of thioether (sulfide) groups is 1. The van der Waals surface area contributed by atoms with Crippen LogP contribution in [0.25, 0.3) is 11.5 Å². The number of benzene rings is 2. The minimum Gasteiger partial charge on any atom is -0.454 e. The van der Waals surface area contributed by atoms with Crippen LogP contribution < -0.4 is 14.3 Å². The number of aryl methyl sites for hydroxylation is 1. The number of thiazole rings is 1. The molecule has 0 N–H and O–H groups in total. The molecule has 0 saturated heterocycles. The first-order valence-corrected chi connectivity index (χ1v) is 11.6. The van der Waals surface area contributed by atoms with Crippen molar-refractivity contribution < 1.29 is 18.7 Å². The van der Waals surface area contributed by atoms with Crippen LogP contribution in [0.5, 0.6) is 11.5 Å². The van der Waals surface area contributed by atoms with Crippen molar-refractivity contribution in [1.29, 1.82) is 0 Å². The molecular weight excluding hydrogens is 448 g/mol. The maximum absolute atomic E-state index is 12.4. The Balaban J connectivity index is 1.23. The van der Waals surface area contributed by atoms with Crippen molar-refractivity contribution in [2.75, 3.05) is 12.5 Å². The number of amides is 1. The molecule has 2 aromatic carbocycles. The number of carbonyl (C=O) groups is 1. The number of nitrogens with zero attached hydrogens (tertiary/aromatic N) is 4. The molecule has 0 fully saturated rings. The smallest absolute Gasteiger partial charge is 0.277 e. The second-order valence-electron chi connectivity index (χ2n) is 7.03. The summed E-state index contributed by atoms with van der Waals surface area (Å²) in [6.07, 6.45) is 1.93. The number of hydrogen-bond donors (Lipinski definition) is 0. The van der Waals surface area contributed by atoms with Crippen molar-refractivity contribution in [3.63, 3.8) is 0 Å². The zero-order valence-corrected chi connectivity index (χ0v) is 18.7. The van der Waals surface area contributed by atoms with Crippen molar-refractivity contribution in [2.45, 2.75) is 18.7 Å². The summed E-state index contributed by atoms with van der Waals surface area (Å²) in [6.45, 7) is 2.91. The Morgan fingerprint density at radius 1 is 1.16 bits per heavy atom. The van der Waals surface area contributed by atoms with Crippen LogP contribution >= 0.6 is 23.1 Å². The van der Waals surface area contributed by atoms with Gasteiger partial charge in [0.1, 0.15) is 0 Å². The lowest BCUT2D eigenvalue weighted by atomic mass is 10.1. The highest BCUT2D eigenvalue weighted by molar-refractivity contribution is 7.99. The predicted octanol–water partition coefficient (Wildman–Crippen LogP) is 3.90. The largest absolute Gasteiger partial charge is 0.454 e. The van der Waals surface area contributed by atoms with E-state index >= 15 is 0 Å². The molecule has 32 heavy (non-hydrogen) atoms. The Kier molecular flexibility index (Phi) is 5.78. The summed E-state index contributed by atoms with van der Waals surface area (Å²) in [7, 11) is 0. The third-order valence-corrected chi connectivity index (χ3v) is 6.30. The van der Waals surface area contributed by atoms with Crippen molar-refractivity contribution in [3.05, 3.63) is 70.0 Å². The first-order valence-electron chi connectivity index (χ1n) is 9.77. The molecule has 0 spiro atoms. The van der Waals surface area contributed by atoms with Gasteiger partial charge in [0.15, 0.2) is 16.3 Å². The van der Waals surface area contributed by atoms with Gasteiger partial charge in [0, 0.05) is 23.7 Å². The van der Waals surface area contributed by atoms with Gasteiger partial charge in [-0.3, -0.25) is 4.79 Å². The molecule has 2 aromatic heterocycles. The minimum atomic E-state index is -0.266. The lowest BCUT2D eigenvalue weighted by Crippen LogP contribution is -2.17. The van der Waals surface area contributed by atoms with Gasteiger partial charge in [0.25, 0.3) is 11.1 Å². The third-order valence-electron chi connectivity index (χ3n) is 4.70.